The van der Waals surface area contributed by atoms with Gasteiger partial charge in [-0.25, -0.2) is 0 Å². The number of imide groups is 1. The van der Waals surface area contributed by atoms with E-state index in [0.717, 1.165) is 26.7 Å². The van der Waals surface area contributed by atoms with Crippen molar-refractivity contribution in [3.05, 3.63) is 27.1 Å². The van der Waals surface area contributed by atoms with Crippen molar-refractivity contribution >= 4 is 44.9 Å². The van der Waals surface area contributed by atoms with Gasteiger partial charge in [-0.3, -0.25) is 14.5 Å². The zero-order valence-corrected chi connectivity index (χ0v) is 12.2. The molecule has 1 aromatic rings. The Morgan fingerprint density at radius 2 is 2.00 bits per heavy atom. The summed E-state index contributed by atoms with van der Waals surface area (Å²) in [6, 6.07) is 3.56. The lowest BCUT2D eigenvalue weighted by Crippen LogP contribution is -2.22. The molecule has 1 aromatic carbocycles. The minimum Gasteiger partial charge on any atom is -0.454 e. The van der Waals surface area contributed by atoms with Gasteiger partial charge in [-0.05, 0) is 35.5 Å². The van der Waals surface area contributed by atoms with Gasteiger partial charge in [-0.2, -0.15) is 0 Å². The highest BCUT2D eigenvalue weighted by Gasteiger charge is 2.32. The van der Waals surface area contributed by atoms with E-state index in [1.54, 1.807) is 18.2 Å². The molecule has 2 heterocycles. The Kier molecular flexibility index (Phi) is 3.02. The van der Waals surface area contributed by atoms with Crippen molar-refractivity contribution in [1.29, 1.82) is 0 Å². The number of amides is 2. The Morgan fingerprint density at radius 1 is 1.32 bits per heavy atom. The monoisotopic (exact) mass is 341 g/mol. The highest BCUT2D eigenvalue weighted by molar-refractivity contribution is 9.10. The molecule has 0 aromatic heterocycles. The van der Waals surface area contributed by atoms with Crippen LogP contribution in [-0.4, -0.2) is 29.9 Å². The van der Waals surface area contributed by atoms with E-state index in [-0.39, 0.29) is 17.9 Å². The number of carbonyl (C=O) groups is 2. The second-order valence-electron chi connectivity index (χ2n) is 3.97. The summed E-state index contributed by atoms with van der Waals surface area (Å²) in [7, 11) is 1.47. The number of hydrogen-bond donors (Lipinski definition) is 0. The SMILES string of the molecule is CN1C(=O)SC(=Cc2cc3c(cc2Br)OCO3)C1=O. The van der Waals surface area contributed by atoms with Crippen LogP contribution in [0.25, 0.3) is 6.08 Å². The Bertz CT molecular complexity index is 628. The van der Waals surface area contributed by atoms with E-state index in [1.165, 1.54) is 7.05 Å². The van der Waals surface area contributed by atoms with Crippen molar-refractivity contribution in [1.82, 2.24) is 4.90 Å². The molecule has 5 nitrogen and oxygen atoms in total. The maximum atomic E-state index is 11.8. The van der Waals surface area contributed by atoms with Gasteiger partial charge in [0.15, 0.2) is 11.5 Å². The van der Waals surface area contributed by atoms with E-state index >= 15 is 0 Å². The van der Waals surface area contributed by atoms with Crippen LogP contribution in [0, 0.1) is 0 Å². The van der Waals surface area contributed by atoms with E-state index in [9.17, 15) is 9.59 Å². The Labute approximate surface area is 121 Å². The summed E-state index contributed by atoms with van der Waals surface area (Å²) in [4.78, 5) is 24.7. The van der Waals surface area contributed by atoms with Crippen molar-refractivity contribution in [2.75, 3.05) is 13.8 Å². The first-order valence-corrected chi connectivity index (χ1v) is 6.98. The lowest BCUT2D eigenvalue weighted by atomic mass is 10.2. The lowest BCUT2D eigenvalue weighted by Gasteiger charge is -2.03. The summed E-state index contributed by atoms with van der Waals surface area (Å²) in [5, 5.41) is -0.270. The Balaban J connectivity index is 2.00. The molecule has 0 atom stereocenters. The van der Waals surface area contributed by atoms with Gasteiger partial charge >= 0.3 is 0 Å². The molecule has 2 aliphatic heterocycles. The average Bonchev–Trinajstić information content (AvgIpc) is 2.91. The molecule has 0 unspecified atom stereocenters. The third kappa shape index (κ3) is 2.12. The fraction of sp³-hybridized carbons (Fsp3) is 0.167. The summed E-state index contributed by atoms with van der Waals surface area (Å²) in [6.45, 7) is 0.191. The van der Waals surface area contributed by atoms with Gasteiger partial charge < -0.3 is 9.47 Å². The van der Waals surface area contributed by atoms with Gasteiger partial charge in [0.2, 0.25) is 6.79 Å². The molecule has 0 N–H and O–H groups in total. The van der Waals surface area contributed by atoms with E-state index < -0.39 is 0 Å². The van der Waals surface area contributed by atoms with Crippen molar-refractivity contribution in [3.8, 4) is 11.5 Å². The lowest BCUT2D eigenvalue weighted by molar-refractivity contribution is -0.121. The molecule has 3 rings (SSSR count). The van der Waals surface area contributed by atoms with Gasteiger partial charge in [0.1, 0.15) is 0 Å². The summed E-state index contributed by atoms with van der Waals surface area (Å²) in [5.74, 6) is 0.998. The van der Waals surface area contributed by atoms with E-state index in [2.05, 4.69) is 15.9 Å². The van der Waals surface area contributed by atoms with Gasteiger partial charge in [0, 0.05) is 11.5 Å². The molecule has 19 heavy (non-hydrogen) atoms. The fourth-order valence-corrected chi connectivity index (χ4v) is 2.99. The van der Waals surface area contributed by atoms with Gasteiger partial charge in [0.05, 0.1) is 4.91 Å². The number of ether oxygens (including phenoxy) is 2. The minimum absolute atomic E-state index is 0.191. The summed E-state index contributed by atoms with van der Waals surface area (Å²) < 4.78 is 11.3. The van der Waals surface area contributed by atoms with Crippen molar-refractivity contribution in [2.45, 2.75) is 0 Å². The molecule has 98 valence electrons. The second kappa shape index (κ2) is 4.57. The molecule has 0 radical (unpaired) electrons. The van der Waals surface area contributed by atoms with Gasteiger partial charge in [-0.15, -0.1) is 0 Å². The van der Waals surface area contributed by atoms with Crippen molar-refractivity contribution in [3.63, 3.8) is 0 Å². The largest absolute Gasteiger partial charge is 0.454 e. The Hall–Kier alpha value is -1.47. The van der Waals surface area contributed by atoms with Crippen LogP contribution in [0.3, 0.4) is 0 Å². The molecule has 0 saturated carbocycles. The number of carbonyl (C=O) groups excluding carboxylic acids is 2. The average molecular weight is 342 g/mol. The maximum Gasteiger partial charge on any atom is 0.293 e. The maximum absolute atomic E-state index is 11.8. The van der Waals surface area contributed by atoms with Crippen LogP contribution in [0.2, 0.25) is 0 Å². The first-order chi connectivity index (χ1) is 9.06. The minimum atomic E-state index is -0.292. The molecule has 1 saturated heterocycles. The van der Waals surface area contributed by atoms with Crippen LogP contribution in [0.15, 0.2) is 21.5 Å². The quantitative estimate of drug-likeness (QED) is 0.735. The molecular weight excluding hydrogens is 334 g/mol. The second-order valence-corrected chi connectivity index (χ2v) is 5.82. The van der Waals surface area contributed by atoms with Crippen LogP contribution >= 0.6 is 27.7 Å². The van der Waals surface area contributed by atoms with Crippen LogP contribution < -0.4 is 9.47 Å². The highest BCUT2D eigenvalue weighted by Crippen LogP contribution is 2.39. The predicted octanol–water partition coefficient (Wildman–Crippen LogP) is 2.84. The molecule has 1 fully saturated rings. The number of halogens is 1. The van der Waals surface area contributed by atoms with Crippen LogP contribution in [0.1, 0.15) is 5.56 Å². The van der Waals surface area contributed by atoms with Crippen LogP contribution in [0.5, 0.6) is 11.5 Å². The number of thioether (sulfide) groups is 1. The standard InChI is InChI=1S/C12H8BrNO4S/c1-14-11(15)10(19-12(14)16)3-6-2-8-9(4-7(6)13)18-5-17-8/h2-4H,5H2,1H3. The number of hydrogen-bond acceptors (Lipinski definition) is 5. The van der Waals surface area contributed by atoms with E-state index in [1.807, 2.05) is 0 Å². The molecule has 7 heteroatoms. The molecular formula is C12H8BrNO4S. The zero-order chi connectivity index (χ0) is 13.6. The third-order valence-electron chi connectivity index (χ3n) is 2.77. The van der Waals surface area contributed by atoms with Crippen LogP contribution in [-0.2, 0) is 4.79 Å². The summed E-state index contributed by atoms with van der Waals surface area (Å²) >= 11 is 4.33. The number of benzene rings is 1. The highest BCUT2D eigenvalue weighted by atomic mass is 79.9. The number of rotatable bonds is 1. The predicted molar refractivity (Wildman–Crippen MR) is 74.0 cm³/mol. The van der Waals surface area contributed by atoms with E-state index in [4.69, 9.17) is 9.47 Å². The van der Waals surface area contributed by atoms with Gasteiger partial charge in [0.25, 0.3) is 11.1 Å². The summed E-state index contributed by atoms with van der Waals surface area (Å²) in [5.41, 5.74) is 0.767. The zero-order valence-electron chi connectivity index (χ0n) is 9.81. The van der Waals surface area contributed by atoms with Crippen molar-refractivity contribution < 1.29 is 19.1 Å². The smallest absolute Gasteiger partial charge is 0.293 e. The van der Waals surface area contributed by atoms with E-state index in [0.29, 0.717) is 16.4 Å². The summed E-state index contributed by atoms with van der Waals surface area (Å²) in [6.07, 6.45) is 1.67. The molecule has 2 amide bonds. The number of likely N-dealkylation sites (N-methyl/N-ethyl adjacent to an activating group) is 1. The topological polar surface area (TPSA) is 55.8 Å². The number of fused-ring (bicyclic) bond motifs is 1. The Morgan fingerprint density at radius 3 is 2.63 bits per heavy atom. The van der Waals surface area contributed by atoms with Crippen molar-refractivity contribution in [2.24, 2.45) is 0 Å². The normalized spacial score (nSPS) is 19.7. The number of nitrogens with zero attached hydrogens (tertiary/aromatic N) is 1. The first-order valence-electron chi connectivity index (χ1n) is 5.37. The molecule has 0 bridgehead atoms. The van der Waals surface area contributed by atoms with Crippen LogP contribution in [0.4, 0.5) is 4.79 Å². The molecule has 2 aliphatic rings. The first kappa shape index (κ1) is 12.6. The van der Waals surface area contributed by atoms with Gasteiger partial charge in [-0.1, -0.05) is 15.9 Å². The molecule has 0 spiro atoms. The third-order valence-corrected chi connectivity index (χ3v) is 4.41. The molecule has 0 aliphatic carbocycles. The fourth-order valence-electron chi connectivity index (χ4n) is 1.73.